The Kier molecular flexibility index (Phi) is 5.49. The van der Waals surface area contributed by atoms with Crippen LogP contribution in [0, 0.1) is 0 Å². The molecular formula is C20H32N4O3. The molecule has 2 aliphatic heterocycles. The van der Waals surface area contributed by atoms with E-state index in [9.17, 15) is 9.59 Å². The van der Waals surface area contributed by atoms with E-state index in [4.69, 9.17) is 4.74 Å². The van der Waals surface area contributed by atoms with Gasteiger partial charge in [0.1, 0.15) is 11.3 Å². The van der Waals surface area contributed by atoms with Gasteiger partial charge in [-0.25, -0.2) is 4.79 Å². The first kappa shape index (κ1) is 19.7. The first-order valence-electron chi connectivity index (χ1n) is 10.1. The van der Waals surface area contributed by atoms with E-state index in [1.54, 1.807) is 4.68 Å². The highest BCUT2D eigenvalue weighted by Gasteiger charge is 2.48. The molecule has 1 aromatic heterocycles. The highest BCUT2D eigenvalue weighted by atomic mass is 16.6. The van der Waals surface area contributed by atoms with Gasteiger partial charge in [-0.3, -0.25) is 9.48 Å². The first-order valence-corrected chi connectivity index (χ1v) is 10.1. The van der Waals surface area contributed by atoms with Crippen LogP contribution in [-0.4, -0.2) is 62.9 Å². The van der Waals surface area contributed by atoms with Gasteiger partial charge in [0.2, 0.25) is 0 Å². The lowest BCUT2D eigenvalue weighted by Gasteiger charge is -2.37. The molecule has 1 unspecified atom stereocenters. The first-order chi connectivity index (χ1) is 12.8. The van der Waals surface area contributed by atoms with Crippen LogP contribution in [0.1, 0.15) is 75.5 Å². The van der Waals surface area contributed by atoms with Crippen LogP contribution in [0.5, 0.6) is 0 Å². The van der Waals surface area contributed by atoms with Crippen LogP contribution in [0.3, 0.4) is 0 Å². The number of nitrogens with zero attached hydrogens (tertiary/aromatic N) is 4. The van der Waals surface area contributed by atoms with Crippen LogP contribution in [0.15, 0.2) is 6.07 Å². The monoisotopic (exact) mass is 376 g/mol. The second kappa shape index (κ2) is 7.52. The molecular weight excluding hydrogens is 344 g/mol. The van der Waals surface area contributed by atoms with Gasteiger partial charge in [0.15, 0.2) is 0 Å². The summed E-state index contributed by atoms with van der Waals surface area (Å²) in [7, 11) is 1.82. The maximum Gasteiger partial charge on any atom is 0.410 e. The molecule has 150 valence electrons. The number of carbonyl (C=O) groups is 2. The minimum absolute atomic E-state index is 0.00674. The van der Waals surface area contributed by atoms with Gasteiger partial charge in [-0.1, -0.05) is 27.2 Å². The Labute approximate surface area is 161 Å². The summed E-state index contributed by atoms with van der Waals surface area (Å²) >= 11 is 0. The van der Waals surface area contributed by atoms with E-state index in [1.165, 1.54) is 0 Å². The second-order valence-electron chi connectivity index (χ2n) is 8.34. The summed E-state index contributed by atoms with van der Waals surface area (Å²) in [5, 5.41) is 4.45. The van der Waals surface area contributed by atoms with Crippen molar-refractivity contribution in [3.63, 3.8) is 0 Å². The average molecular weight is 377 g/mol. The molecule has 0 bridgehead atoms. The molecule has 2 saturated heterocycles. The molecule has 0 radical (unpaired) electrons. The summed E-state index contributed by atoms with van der Waals surface area (Å²) in [6.45, 7) is 10.2. The Morgan fingerprint density at radius 2 is 1.96 bits per heavy atom. The van der Waals surface area contributed by atoms with E-state index >= 15 is 0 Å². The number of likely N-dealkylation sites (tertiary alicyclic amines) is 1. The molecule has 0 aliphatic carbocycles. The summed E-state index contributed by atoms with van der Waals surface area (Å²) in [5.41, 5.74) is 1.11. The Balaban J connectivity index is 1.64. The minimum atomic E-state index is -0.439. The van der Waals surface area contributed by atoms with Gasteiger partial charge in [0.25, 0.3) is 5.91 Å². The summed E-state index contributed by atoms with van der Waals surface area (Å²) in [6.07, 6.45) is 3.20. The normalized spacial score (nSPS) is 20.4. The summed E-state index contributed by atoms with van der Waals surface area (Å²) < 4.78 is 7.47. The van der Waals surface area contributed by atoms with Crippen molar-refractivity contribution in [2.24, 2.45) is 7.05 Å². The van der Waals surface area contributed by atoms with Crippen LogP contribution in [0.25, 0.3) is 0 Å². The molecule has 3 rings (SSSR count). The summed E-state index contributed by atoms with van der Waals surface area (Å²) in [6, 6.07) is 2.09. The molecule has 2 fully saturated rings. The number of carbonyl (C=O) groups excluding carboxylic acids is 2. The number of ether oxygens (including phenoxy) is 1. The predicted molar refractivity (Wildman–Crippen MR) is 103 cm³/mol. The fourth-order valence-electron chi connectivity index (χ4n) is 4.07. The number of rotatable bonds is 5. The van der Waals surface area contributed by atoms with E-state index in [0.29, 0.717) is 38.2 Å². The van der Waals surface area contributed by atoms with Gasteiger partial charge < -0.3 is 14.5 Å². The average Bonchev–Trinajstić information content (AvgIpc) is 3.16. The van der Waals surface area contributed by atoms with Gasteiger partial charge in [-0.05, 0) is 25.3 Å². The zero-order valence-electron chi connectivity index (χ0n) is 17.2. The van der Waals surface area contributed by atoms with Crippen molar-refractivity contribution in [2.45, 2.75) is 70.9 Å². The maximum absolute atomic E-state index is 12.9. The minimum Gasteiger partial charge on any atom is -0.441 e. The standard InChI is InChI=1S/C20H32N4O3/c1-6-7-15(4)24-13-20(27-19(24)26)8-10-23(11-9-20)18(25)17-12-16(14(2)3)21-22(17)5/h12,14-15H,6-11,13H2,1-5H3. The van der Waals surface area contributed by atoms with Gasteiger partial charge in [-0.15, -0.1) is 0 Å². The molecule has 0 saturated carbocycles. The van der Waals surface area contributed by atoms with Crippen molar-refractivity contribution < 1.29 is 14.3 Å². The molecule has 3 heterocycles. The predicted octanol–water partition coefficient (Wildman–Crippen LogP) is 3.16. The lowest BCUT2D eigenvalue weighted by molar-refractivity contribution is 0.00277. The van der Waals surface area contributed by atoms with Crippen molar-refractivity contribution in [3.8, 4) is 0 Å². The molecule has 0 aromatic carbocycles. The quantitative estimate of drug-likeness (QED) is 0.792. The smallest absolute Gasteiger partial charge is 0.410 e. The molecule has 7 heteroatoms. The second-order valence-corrected chi connectivity index (χ2v) is 8.34. The fraction of sp³-hybridized carbons (Fsp3) is 0.750. The van der Waals surface area contributed by atoms with E-state index < -0.39 is 5.60 Å². The zero-order valence-corrected chi connectivity index (χ0v) is 17.2. The Hall–Kier alpha value is -2.05. The van der Waals surface area contributed by atoms with Crippen LogP contribution in [0.4, 0.5) is 4.79 Å². The third kappa shape index (κ3) is 3.82. The van der Waals surface area contributed by atoms with Crippen LogP contribution < -0.4 is 0 Å². The van der Waals surface area contributed by atoms with Crippen LogP contribution >= 0.6 is 0 Å². The number of aromatic nitrogens is 2. The van der Waals surface area contributed by atoms with Crippen molar-refractivity contribution in [2.75, 3.05) is 19.6 Å². The highest BCUT2D eigenvalue weighted by molar-refractivity contribution is 5.92. The lowest BCUT2D eigenvalue weighted by atomic mass is 9.90. The Morgan fingerprint density at radius 3 is 2.52 bits per heavy atom. The topological polar surface area (TPSA) is 67.7 Å². The number of piperidine rings is 1. The fourth-order valence-corrected chi connectivity index (χ4v) is 4.07. The highest BCUT2D eigenvalue weighted by Crippen LogP contribution is 2.35. The van der Waals surface area contributed by atoms with Crippen molar-refractivity contribution in [1.82, 2.24) is 19.6 Å². The molecule has 2 amide bonds. The molecule has 1 spiro atoms. The maximum atomic E-state index is 12.9. The number of aryl methyl sites for hydroxylation is 1. The molecule has 7 nitrogen and oxygen atoms in total. The third-order valence-corrected chi connectivity index (χ3v) is 5.91. The van der Waals surface area contributed by atoms with E-state index in [-0.39, 0.29) is 24.0 Å². The number of amides is 2. The van der Waals surface area contributed by atoms with E-state index in [1.807, 2.05) is 22.9 Å². The Morgan fingerprint density at radius 1 is 1.30 bits per heavy atom. The third-order valence-electron chi connectivity index (χ3n) is 5.91. The van der Waals surface area contributed by atoms with E-state index in [2.05, 4.69) is 32.8 Å². The molecule has 1 atom stereocenters. The number of hydrogen-bond donors (Lipinski definition) is 0. The molecule has 0 N–H and O–H groups in total. The molecule has 2 aliphatic rings. The lowest BCUT2D eigenvalue weighted by Crippen LogP contribution is -2.49. The summed E-state index contributed by atoms with van der Waals surface area (Å²) in [5.74, 6) is 0.295. The van der Waals surface area contributed by atoms with E-state index in [0.717, 1.165) is 18.5 Å². The number of hydrogen-bond acceptors (Lipinski definition) is 4. The van der Waals surface area contributed by atoms with Crippen LogP contribution in [0.2, 0.25) is 0 Å². The largest absolute Gasteiger partial charge is 0.441 e. The van der Waals surface area contributed by atoms with Crippen molar-refractivity contribution in [1.29, 1.82) is 0 Å². The summed E-state index contributed by atoms with van der Waals surface area (Å²) in [4.78, 5) is 29.0. The van der Waals surface area contributed by atoms with Gasteiger partial charge in [0.05, 0.1) is 12.2 Å². The van der Waals surface area contributed by atoms with Gasteiger partial charge in [0, 0.05) is 39.0 Å². The van der Waals surface area contributed by atoms with Crippen molar-refractivity contribution in [3.05, 3.63) is 17.5 Å². The van der Waals surface area contributed by atoms with Crippen LogP contribution in [-0.2, 0) is 11.8 Å². The SMILES string of the molecule is CCCC(C)N1CC2(CCN(C(=O)c3cc(C(C)C)nn3C)CC2)OC1=O. The zero-order chi connectivity index (χ0) is 19.8. The molecule has 27 heavy (non-hydrogen) atoms. The van der Waals surface area contributed by atoms with Gasteiger partial charge >= 0.3 is 6.09 Å². The molecule has 1 aromatic rings. The Bertz CT molecular complexity index is 704. The van der Waals surface area contributed by atoms with Crippen molar-refractivity contribution >= 4 is 12.0 Å². The van der Waals surface area contributed by atoms with Gasteiger partial charge in [-0.2, -0.15) is 5.10 Å².